The maximum atomic E-state index is 12.6. The zero-order chi connectivity index (χ0) is 23.7. The van der Waals surface area contributed by atoms with Gasteiger partial charge < -0.3 is 19.3 Å². The summed E-state index contributed by atoms with van der Waals surface area (Å²) in [5.41, 5.74) is 2.68. The van der Waals surface area contributed by atoms with Crippen molar-refractivity contribution in [2.24, 2.45) is 0 Å². The van der Waals surface area contributed by atoms with Crippen molar-refractivity contribution in [1.29, 1.82) is 0 Å². The molecule has 0 aliphatic heterocycles. The number of hydroxylamine groups is 1. The molecule has 0 unspecified atom stereocenters. The van der Waals surface area contributed by atoms with Crippen LogP contribution in [-0.2, 0) is 14.3 Å². The Morgan fingerprint density at radius 3 is 2.28 bits per heavy atom. The van der Waals surface area contributed by atoms with Gasteiger partial charge in [-0.15, -0.1) is 0 Å². The van der Waals surface area contributed by atoms with E-state index in [0.29, 0.717) is 16.8 Å². The minimum absolute atomic E-state index is 0.111. The second-order valence-electron chi connectivity index (χ2n) is 6.55. The van der Waals surface area contributed by atoms with Crippen LogP contribution in [0.5, 0.6) is 11.5 Å². The minimum Gasteiger partial charge on any atom is -0.504 e. The standard InChI is InChI=1S/C22H24N2O8/c1-13(25)14-4-7-16(8-5-14)23-22(28)32-21(19(31-3)10-11-20(27)24-29)15-6-9-18(30-2)17(26)12-15/h4-12,19,21,26,29H,1-3H3,(H,23,28)(H,24,27)/b11-10+/t19-,21-/m1/s1. The van der Waals surface area contributed by atoms with Gasteiger partial charge in [-0.2, -0.15) is 0 Å². The molecule has 10 heteroatoms. The molecule has 32 heavy (non-hydrogen) atoms. The van der Waals surface area contributed by atoms with Gasteiger partial charge >= 0.3 is 6.09 Å². The zero-order valence-electron chi connectivity index (χ0n) is 17.7. The topological polar surface area (TPSA) is 143 Å². The van der Waals surface area contributed by atoms with Gasteiger partial charge in [0.1, 0.15) is 6.10 Å². The maximum Gasteiger partial charge on any atom is 0.412 e. The first-order chi connectivity index (χ1) is 15.3. The highest BCUT2D eigenvalue weighted by molar-refractivity contribution is 5.95. The number of nitrogens with one attached hydrogen (secondary N) is 2. The number of aromatic hydroxyl groups is 1. The lowest BCUT2D eigenvalue weighted by molar-refractivity contribution is -0.124. The molecule has 0 heterocycles. The van der Waals surface area contributed by atoms with Crippen molar-refractivity contribution in [2.45, 2.75) is 19.1 Å². The number of hydrogen-bond donors (Lipinski definition) is 4. The molecule has 0 aliphatic carbocycles. The fourth-order valence-corrected chi connectivity index (χ4v) is 2.78. The fourth-order valence-electron chi connectivity index (χ4n) is 2.78. The maximum absolute atomic E-state index is 12.6. The second-order valence-corrected chi connectivity index (χ2v) is 6.55. The first-order valence-corrected chi connectivity index (χ1v) is 9.39. The van der Waals surface area contributed by atoms with Crippen molar-refractivity contribution in [3.05, 3.63) is 65.7 Å². The quantitative estimate of drug-likeness (QED) is 0.200. The number of Topliss-reactive ketones (excluding diaryl/α,β-unsaturated/α-hetero) is 1. The highest BCUT2D eigenvalue weighted by Gasteiger charge is 2.27. The third-order valence-electron chi connectivity index (χ3n) is 4.42. The smallest absolute Gasteiger partial charge is 0.412 e. The fraction of sp³-hybridized carbons (Fsp3) is 0.227. The van der Waals surface area contributed by atoms with Gasteiger partial charge in [0, 0.05) is 24.4 Å². The Hall–Kier alpha value is -3.89. The number of carbonyl (C=O) groups is 3. The van der Waals surface area contributed by atoms with Gasteiger partial charge in [0.2, 0.25) is 0 Å². The van der Waals surface area contributed by atoms with E-state index in [4.69, 9.17) is 19.4 Å². The van der Waals surface area contributed by atoms with Crippen LogP contribution in [0.25, 0.3) is 0 Å². The molecule has 0 saturated heterocycles. The Morgan fingerprint density at radius 2 is 1.75 bits per heavy atom. The van der Waals surface area contributed by atoms with E-state index in [1.165, 1.54) is 44.8 Å². The lowest BCUT2D eigenvalue weighted by Gasteiger charge is -2.25. The van der Waals surface area contributed by atoms with Crippen LogP contribution < -0.4 is 15.5 Å². The van der Waals surface area contributed by atoms with E-state index in [2.05, 4.69) is 5.32 Å². The Balaban J connectivity index is 2.29. The number of methoxy groups -OCH3 is 2. The molecule has 0 spiro atoms. The molecule has 2 rings (SSSR count). The SMILES string of the molecule is COc1ccc([C@@H](OC(=O)Nc2ccc(C(C)=O)cc2)[C@@H](/C=C/C(=O)NO)OC)cc1O. The number of hydrogen-bond acceptors (Lipinski definition) is 8. The van der Waals surface area contributed by atoms with E-state index in [0.717, 1.165) is 6.08 Å². The number of ketones is 1. The number of phenols is 1. The molecule has 0 bridgehead atoms. The normalized spacial score (nSPS) is 12.6. The van der Waals surface area contributed by atoms with Gasteiger partial charge in [-0.3, -0.25) is 20.1 Å². The highest BCUT2D eigenvalue weighted by atomic mass is 16.6. The van der Waals surface area contributed by atoms with E-state index < -0.39 is 24.2 Å². The molecule has 2 aromatic rings. The molecule has 0 radical (unpaired) electrons. The Morgan fingerprint density at radius 1 is 1.06 bits per heavy atom. The van der Waals surface area contributed by atoms with Crippen LogP contribution in [0.15, 0.2) is 54.6 Å². The molecule has 2 amide bonds. The number of carbonyl (C=O) groups excluding carboxylic acids is 3. The molecule has 170 valence electrons. The largest absolute Gasteiger partial charge is 0.504 e. The Bertz CT molecular complexity index is 988. The van der Waals surface area contributed by atoms with Crippen LogP contribution in [0.4, 0.5) is 10.5 Å². The van der Waals surface area contributed by atoms with Crippen molar-refractivity contribution in [1.82, 2.24) is 5.48 Å². The van der Waals surface area contributed by atoms with Crippen molar-refractivity contribution in [3.8, 4) is 11.5 Å². The number of benzene rings is 2. The molecular formula is C22H24N2O8. The summed E-state index contributed by atoms with van der Waals surface area (Å²) in [5.74, 6) is -0.893. The van der Waals surface area contributed by atoms with Gasteiger partial charge in [0.25, 0.3) is 5.91 Å². The molecule has 10 nitrogen and oxygen atoms in total. The third kappa shape index (κ3) is 6.56. The lowest BCUT2D eigenvalue weighted by atomic mass is 10.0. The molecule has 0 aromatic heterocycles. The summed E-state index contributed by atoms with van der Waals surface area (Å²) in [4.78, 5) is 35.3. The minimum atomic E-state index is -1.09. The number of rotatable bonds is 9. The summed E-state index contributed by atoms with van der Waals surface area (Å²) in [6.45, 7) is 1.43. The number of amides is 2. The Kier molecular flexibility index (Phi) is 8.75. The van der Waals surface area contributed by atoms with Crippen molar-refractivity contribution in [3.63, 3.8) is 0 Å². The predicted molar refractivity (Wildman–Crippen MR) is 114 cm³/mol. The summed E-state index contributed by atoms with van der Waals surface area (Å²) in [6, 6.07) is 10.6. The van der Waals surface area contributed by atoms with Gasteiger partial charge in [0.15, 0.2) is 23.4 Å². The van der Waals surface area contributed by atoms with Gasteiger partial charge in [-0.25, -0.2) is 10.3 Å². The molecule has 4 N–H and O–H groups in total. The highest BCUT2D eigenvalue weighted by Crippen LogP contribution is 2.33. The summed E-state index contributed by atoms with van der Waals surface area (Å²) in [5, 5.41) is 21.3. The van der Waals surface area contributed by atoms with Crippen LogP contribution in [-0.4, -0.2) is 48.4 Å². The summed E-state index contributed by atoms with van der Waals surface area (Å²) >= 11 is 0. The van der Waals surface area contributed by atoms with Crippen molar-refractivity contribution in [2.75, 3.05) is 19.5 Å². The molecule has 2 atom stereocenters. The Labute approximate surface area is 184 Å². The van der Waals surface area contributed by atoms with Crippen LogP contribution in [0.2, 0.25) is 0 Å². The van der Waals surface area contributed by atoms with E-state index in [-0.39, 0.29) is 17.3 Å². The third-order valence-corrected chi connectivity index (χ3v) is 4.42. The van der Waals surface area contributed by atoms with Crippen LogP contribution in [0.3, 0.4) is 0 Å². The summed E-state index contributed by atoms with van der Waals surface area (Å²) < 4.78 is 15.9. The van der Waals surface area contributed by atoms with Crippen LogP contribution >= 0.6 is 0 Å². The van der Waals surface area contributed by atoms with E-state index >= 15 is 0 Å². The predicted octanol–water partition coefficient (Wildman–Crippen LogP) is 2.97. The molecule has 2 aromatic carbocycles. The first kappa shape index (κ1) is 24.4. The number of ether oxygens (including phenoxy) is 3. The van der Waals surface area contributed by atoms with Gasteiger partial charge in [-0.1, -0.05) is 6.07 Å². The van der Waals surface area contributed by atoms with Crippen LogP contribution in [0.1, 0.15) is 28.9 Å². The second kappa shape index (κ2) is 11.5. The van der Waals surface area contributed by atoms with E-state index in [1.54, 1.807) is 30.3 Å². The first-order valence-electron chi connectivity index (χ1n) is 9.39. The molecule has 0 aliphatic rings. The summed E-state index contributed by atoms with van der Waals surface area (Å²) in [6.07, 6.45) is -0.594. The molecular weight excluding hydrogens is 420 g/mol. The van der Waals surface area contributed by atoms with Gasteiger partial charge in [0.05, 0.1) is 7.11 Å². The van der Waals surface area contributed by atoms with Gasteiger partial charge in [-0.05, 0) is 55.0 Å². The lowest BCUT2D eigenvalue weighted by Crippen LogP contribution is -2.27. The monoisotopic (exact) mass is 444 g/mol. The number of anilines is 1. The van der Waals surface area contributed by atoms with Crippen LogP contribution in [0, 0.1) is 0 Å². The average Bonchev–Trinajstić information content (AvgIpc) is 2.78. The van der Waals surface area contributed by atoms with E-state index in [1.807, 2.05) is 0 Å². The summed E-state index contributed by atoms with van der Waals surface area (Å²) in [7, 11) is 2.73. The zero-order valence-corrected chi connectivity index (χ0v) is 17.7. The van der Waals surface area contributed by atoms with Crippen molar-refractivity contribution < 1.29 is 38.9 Å². The molecule has 0 saturated carbocycles. The molecule has 0 fully saturated rings. The van der Waals surface area contributed by atoms with Crippen molar-refractivity contribution >= 4 is 23.5 Å². The van der Waals surface area contributed by atoms with E-state index in [9.17, 15) is 19.5 Å². The number of phenolic OH excluding ortho intramolecular Hbond substituents is 1. The average molecular weight is 444 g/mol.